The molecular formula is C26H32FN5O3. The van der Waals surface area contributed by atoms with E-state index in [1.165, 1.54) is 21.6 Å². The molecule has 0 bridgehead atoms. The van der Waals surface area contributed by atoms with Gasteiger partial charge in [0.25, 0.3) is 5.56 Å². The summed E-state index contributed by atoms with van der Waals surface area (Å²) in [5.41, 5.74) is 6.59. The lowest BCUT2D eigenvalue weighted by Crippen LogP contribution is -2.45. The summed E-state index contributed by atoms with van der Waals surface area (Å²) >= 11 is 0. The molecule has 8 nitrogen and oxygen atoms in total. The lowest BCUT2D eigenvalue weighted by molar-refractivity contribution is -0.118. The Hall–Kier alpha value is -3.72. The second kappa shape index (κ2) is 11.6. The standard InChI is InChI=1S/C26H32FN5O3/c1-17(2)13-14-31(22(33)15-29-18(3)20-9-11-21(27)12-10-20)23-24(28)32(26(35)30-25(23)34)16-19-7-5-4-6-8-19/h4-12,17-18,29H,13-16,28H2,1-3H3,(H,30,34,35)/t18-/m0/s1. The Labute approximate surface area is 203 Å². The summed E-state index contributed by atoms with van der Waals surface area (Å²) in [5, 5.41) is 3.13. The highest BCUT2D eigenvalue weighted by atomic mass is 19.1. The smallest absolute Gasteiger partial charge is 0.330 e. The Bertz CT molecular complexity index is 1250. The number of H-pyrrole nitrogens is 1. The van der Waals surface area contributed by atoms with Gasteiger partial charge in [0.2, 0.25) is 5.91 Å². The SMILES string of the molecule is CC(C)CCN(C(=O)CN[C@@H](C)c1ccc(F)cc1)c1c(N)n(Cc2ccccc2)c(=O)[nH]c1=O. The minimum absolute atomic E-state index is 0.0394. The molecule has 0 radical (unpaired) electrons. The number of carbonyl (C=O) groups is 1. The zero-order valence-electron chi connectivity index (χ0n) is 20.3. The van der Waals surface area contributed by atoms with Gasteiger partial charge in [-0.05, 0) is 42.5 Å². The Morgan fingerprint density at radius 1 is 1.09 bits per heavy atom. The number of nitrogens with two attached hydrogens (primary N) is 1. The number of nitrogens with zero attached hydrogens (tertiary/aromatic N) is 2. The van der Waals surface area contributed by atoms with Crippen molar-refractivity contribution in [2.75, 3.05) is 23.7 Å². The predicted octanol–water partition coefficient (Wildman–Crippen LogP) is 3.04. The van der Waals surface area contributed by atoms with Crippen molar-refractivity contribution in [3.8, 4) is 0 Å². The highest BCUT2D eigenvalue weighted by Crippen LogP contribution is 2.20. The fourth-order valence-electron chi connectivity index (χ4n) is 3.71. The third-order valence-electron chi connectivity index (χ3n) is 5.83. The van der Waals surface area contributed by atoms with Gasteiger partial charge in [-0.15, -0.1) is 0 Å². The van der Waals surface area contributed by atoms with Crippen LogP contribution in [-0.4, -0.2) is 28.5 Å². The molecule has 1 aromatic heterocycles. The van der Waals surface area contributed by atoms with Gasteiger partial charge in [-0.1, -0.05) is 56.3 Å². The van der Waals surface area contributed by atoms with Crippen molar-refractivity contribution in [2.24, 2.45) is 5.92 Å². The maximum atomic E-state index is 13.3. The van der Waals surface area contributed by atoms with E-state index in [9.17, 15) is 18.8 Å². The van der Waals surface area contributed by atoms with Crippen LogP contribution in [-0.2, 0) is 11.3 Å². The summed E-state index contributed by atoms with van der Waals surface area (Å²) in [6.45, 7) is 6.23. The van der Waals surface area contributed by atoms with Crippen LogP contribution in [0.4, 0.5) is 15.9 Å². The zero-order chi connectivity index (χ0) is 25.5. The molecular weight excluding hydrogens is 449 g/mol. The number of aromatic amines is 1. The minimum Gasteiger partial charge on any atom is -0.383 e. The average Bonchev–Trinajstić information content (AvgIpc) is 2.83. The van der Waals surface area contributed by atoms with Crippen LogP contribution in [0.15, 0.2) is 64.2 Å². The van der Waals surface area contributed by atoms with Crippen molar-refractivity contribution in [2.45, 2.75) is 39.8 Å². The third-order valence-corrected chi connectivity index (χ3v) is 5.83. The summed E-state index contributed by atoms with van der Waals surface area (Å²) in [6, 6.07) is 15.0. The molecule has 1 atom stereocenters. The molecule has 186 valence electrons. The summed E-state index contributed by atoms with van der Waals surface area (Å²) in [6.07, 6.45) is 0.635. The van der Waals surface area contributed by atoms with Crippen molar-refractivity contribution in [1.82, 2.24) is 14.9 Å². The van der Waals surface area contributed by atoms with Crippen molar-refractivity contribution < 1.29 is 9.18 Å². The van der Waals surface area contributed by atoms with Gasteiger partial charge in [-0.2, -0.15) is 0 Å². The monoisotopic (exact) mass is 481 g/mol. The quantitative estimate of drug-likeness (QED) is 0.412. The number of nitrogens with one attached hydrogen (secondary N) is 2. The van der Waals surface area contributed by atoms with Gasteiger partial charge in [-0.3, -0.25) is 19.1 Å². The van der Waals surface area contributed by atoms with Crippen LogP contribution in [0.2, 0.25) is 0 Å². The van der Waals surface area contributed by atoms with Crippen LogP contribution in [0, 0.1) is 11.7 Å². The summed E-state index contributed by atoms with van der Waals surface area (Å²) in [5.74, 6) is -0.489. The molecule has 1 heterocycles. The maximum absolute atomic E-state index is 13.3. The molecule has 0 aliphatic heterocycles. The lowest BCUT2D eigenvalue weighted by atomic mass is 10.1. The molecule has 3 rings (SSSR count). The molecule has 0 aliphatic carbocycles. The number of nitrogen functional groups attached to an aromatic ring is 1. The second-order valence-corrected chi connectivity index (χ2v) is 8.95. The highest BCUT2D eigenvalue weighted by molar-refractivity contribution is 5.96. The van der Waals surface area contributed by atoms with E-state index >= 15 is 0 Å². The van der Waals surface area contributed by atoms with Crippen molar-refractivity contribution >= 4 is 17.4 Å². The molecule has 0 aliphatic rings. The van der Waals surface area contributed by atoms with Crippen LogP contribution < -0.4 is 27.2 Å². The number of rotatable bonds is 10. The fraction of sp³-hybridized carbons (Fsp3) is 0.346. The van der Waals surface area contributed by atoms with Gasteiger partial charge < -0.3 is 16.0 Å². The zero-order valence-corrected chi connectivity index (χ0v) is 20.3. The van der Waals surface area contributed by atoms with E-state index in [1.807, 2.05) is 51.1 Å². The Morgan fingerprint density at radius 3 is 2.37 bits per heavy atom. The Morgan fingerprint density at radius 2 is 1.74 bits per heavy atom. The normalized spacial score (nSPS) is 12.0. The number of hydrogen-bond acceptors (Lipinski definition) is 5. The first kappa shape index (κ1) is 25.9. The van der Waals surface area contributed by atoms with E-state index in [4.69, 9.17) is 5.73 Å². The largest absolute Gasteiger partial charge is 0.383 e. The number of carbonyl (C=O) groups excluding carboxylic acids is 1. The fourth-order valence-corrected chi connectivity index (χ4v) is 3.71. The first-order valence-corrected chi connectivity index (χ1v) is 11.6. The van der Waals surface area contributed by atoms with Crippen LogP contribution in [0.1, 0.15) is 44.4 Å². The lowest BCUT2D eigenvalue weighted by Gasteiger charge is -2.26. The molecule has 3 aromatic rings. The van der Waals surface area contributed by atoms with Gasteiger partial charge in [0.1, 0.15) is 11.6 Å². The van der Waals surface area contributed by atoms with E-state index in [-0.39, 0.29) is 54.8 Å². The third kappa shape index (κ3) is 6.66. The van der Waals surface area contributed by atoms with Gasteiger partial charge >= 0.3 is 5.69 Å². The molecule has 2 aromatic carbocycles. The Balaban J connectivity index is 1.90. The number of aromatic nitrogens is 2. The van der Waals surface area contributed by atoms with Gasteiger partial charge in [0.05, 0.1) is 13.1 Å². The molecule has 9 heteroatoms. The first-order valence-electron chi connectivity index (χ1n) is 11.6. The van der Waals surface area contributed by atoms with Crippen molar-refractivity contribution in [3.63, 3.8) is 0 Å². The Kier molecular flexibility index (Phi) is 8.59. The average molecular weight is 482 g/mol. The minimum atomic E-state index is -0.708. The van der Waals surface area contributed by atoms with E-state index in [2.05, 4.69) is 10.3 Å². The summed E-state index contributed by atoms with van der Waals surface area (Å²) in [7, 11) is 0. The molecule has 35 heavy (non-hydrogen) atoms. The molecule has 0 saturated carbocycles. The molecule has 1 amide bonds. The molecule has 0 fully saturated rings. The topological polar surface area (TPSA) is 113 Å². The van der Waals surface area contributed by atoms with Crippen LogP contribution >= 0.6 is 0 Å². The number of hydrogen-bond donors (Lipinski definition) is 3. The number of benzene rings is 2. The van der Waals surface area contributed by atoms with Crippen molar-refractivity contribution in [1.29, 1.82) is 0 Å². The predicted molar refractivity (Wildman–Crippen MR) is 136 cm³/mol. The van der Waals surface area contributed by atoms with Crippen molar-refractivity contribution in [3.05, 3.63) is 92.4 Å². The van der Waals surface area contributed by atoms with Crippen LogP contribution in [0.3, 0.4) is 0 Å². The highest BCUT2D eigenvalue weighted by Gasteiger charge is 2.25. The van der Waals surface area contributed by atoms with Gasteiger partial charge in [0, 0.05) is 12.6 Å². The van der Waals surface area contributed by atoms with Gasteiger partial charge in [-0.25, -0.2) is 9.18 Å². The van der Waals surface area contributed by atoms with E-state index < -0.39 is 11.2 Å². The second-order valence-electron chi connectivity index (χ2n) is 8.95. The van der Waals surface area contributed by atoms with Crippen LogP contribution in [0.5, 0.6) is 0 Å². The van der Waals surface area contributed by atoms with Crippen LogP contribution in [0.25, 0.3) is 0 Å². The van der Waals surface area contributed by atoms with Gasteiger partial charge in [0.15, 0.2) is 5.69 Å². The summed E-state index contributed by atoms with van der Waals surface area (Å²) in [4.78, 5) is 42.4. The van der Waals surface area contributed by atoms with E-state index in [0.717, 1.165) is 11.1 Å². The molecule has 4 N–H and O–H groups in total. The number of anilines is 2. The summed E-state index contributed by atoms with van der Waals surface area (Å²) < 4.78 is 14.5. The molecule has 0 saturated heterocycles. The molecule has 0 spiro atoms. The number of amides is 1. The number of halogens is 1. The molecule has 0 unspecified atom stereocenters. The van der Waals surface area contributed by atoms with E-state index in [1.54, 1.807) is 12.1 Å². The van der Waals surface area contributed by atoms with E-state index in [0.29, 0.717) is 6.42 Å². The maximum Gasteiger partial charge on any atom is 0.330 e. The first-order chi connectivity index (χ1) is 16.7.